The molecule has 166 valence electrons. The number of nitrogens with zero attached hydrogens (tertiary/aromatic N) is 3. The molecule has 0 amide bonds. The van der Waals surface area contributed by atoms with Gasteiger partial charge in [-0.1, -0.05) is 23.8 Å². The molecular weight excluding hydrogens is 464 g/mol. The summed E-state index contributed by atoms with van der Waals surface area (Å²) in [6, 6.07) is 10.7. The number of sulfonamides is 1. The second kappa shape index (κ2) is 8.87. The highest BCUT2D eigenvalue weighted by Crippen LogP contribution is 2.42. The average molecular weight is 487 g/mol. The van der Waals surface area contributed by atoms with E-state index in [0.29, 0.717) is 31.0 Å². The van der Waals surface area contributed by atoms with Crippen LogP contribution in [-0.2, 0) is 21.3 Å². The third kappa shape index (κ3) is 4.41. The summed E-state index contributed by atoms with van der Waals surface area (Å²) >= 11 is 3.09. The lowest BCUT2D eigenvalue weighted by molar-refractivity contribution is -0.922. The largest absolute Gasteiger partial charge is 0.418 e. The lowest BCUT2D eigenvalue weighted by Crippen LogP contribution is -3.12. The molecule has 0 atom stereocenters. The maximum atomic E-state index is 13.1. The second-order valence-corrected chi connectivity index (χ2v) is 11.1. The van der Waals surface area contributed by atoms with Crippen LogP contribution in [0.4, 0.5) is 5.82 Å². The van der Waals surface area contributed by atoms with Gasteiger partial charge < -0.3 is 19.3 Å². The maximum absolute atomic E-state index is 13.1. The van der Waals surface area contributed by atoms with Crippen molar-refractivity contribution in [3.05, 3.63) is 63.3 Å². The molecule has 1 aromatic carbocycles. The van der Waals surface area contributed by atoms with E-state index in [1.165, 1.54) is 16.2 Å². The van der Waals surface area contributed by atoms with Crippen LogP contribution in [-0.4, -0.2) is 44.7 Å². The van der Waals surface area contributed by atoms with Crippen LogP contribution in [0.2, 0.25) is 0 Å². The number of aryl methyl sites for hydroxylation is 1. The first-order valence-electron chi connectivity index (χ1n) is 10.3. The number of rotatable bonds is 6. The molecule has 1 aliphatic heterocycles. The Hall–Kier alpha value is -2.37. The van der Waals surface area contributed by atoms with Crippen LogP contribution < -0.4 is 4.90 Å². The lowest BCUT2D eigenvalue weighted by Gasteiger charge is -2.25. The summed E-state index contributed by atoms with van der Waals surface area (Å²) in [7, 11) is -3.92. The van der Waals surface area contributed by atoms with Gasteiger partial charge in [-0.05, 0) is 36.3 Å². The fraction of sp³-hybridized carbons (Fsp3) is 0.273. The first kappa shape index (κ1) is 21.5. The smallest absolute Gasteiger partial charge is 0.202 e. The summed E-state index contributed by atoms with van der Waals surface area (Å²) in [4.78, 5) is 12.7. The number of benzene rings is 1. The predicted molar refractivity (Wildman–Crippen MR) is 127 cm³/mol. The minimum absolute atomic E-state index is 0.156. The van der Waals surface area contributed by atoms with Crippen molar-refractivity contribution in [3.8, 4) is 10.4 Å². The fourth-order valence-electron chi connectivity index (χ4n) is 3.66. The number of nitrogens with one attached hydrogen (secondary N) is 1. The van der Waals surface area contributed by atoms with Gasteiger partial charge in [0.15, 0.2) is 0 Å². The number of quaternary nitrogens is 1. The summed E-state index contributed by atoms with van der Waals surface area (Å²) in [5, 5.41) is 4.69. The highest BCUT2D eigenvalue weighted by molar-refractivity contribution is 7.94. The van der Waals surface area contributed by atoms with Gasteiger partial charge in [0, 0.05) is 21.2 Å². The molecule has 10 heteroatoms. The van der Waals surface area contributed by atoms with Crippen LogP contribution in [0, 0.1) is 6.92 Å². The summed E-state index contributed by atoms with van der Waals surface area (Å²) in [6.45, 7) is 5.69. The zero-order valence-corrected chi connectivity index (χ0v) is 19.9. The van der Waals surface area contributed by atoms with Crippen molar-refractivity contribution >= 4 is 48.7 Å². The topological polar surface area (TPSA) is 87.7 Å². The zero-order valence-electron chi connectivity index (χ0n) is 17.4. The molecule has 7 nitrogen and oxygen atoms in total. The molecule has 4 heterocycles. The fourth-order valence-corrected chi connectivity index (χ4v) is 6.38. The van der Waals surface area contributed by atoms with Crippen LogP contribution in [0.1, 0.15) is 11.4 Å². The van der Waals surface area contributed by atoms with Crippen molar-refractivity contribution < 1.29 is 18.1 Å². The third-order valence-electron chi connectivity index (χ3n) is 5.38. The molecule has 3 aromatic heterocycles. The Morgan fingerprint density at radius 1 is 1.09 bits per heavy atom. The molecular formula is C22H22N4O3S3. The first-order valence-corrected chi connectivity index (χ1v) is 13.5. The van der Waals surface area contributed by atoms with Crippen molar-refractivity contribution in [2.45, 2.75) is 18.4 Å². The SMILES string of the molecule is Cc1ccc(S(=O)(=O)[N-]c2nc(C[NH+]3CCOCC3)nc3scc(-c4cccs4)c23)cc1. The van der Waals surface area contributed by atoms with E-state index >= 15 is 0 Å². The molecule has 0 bridgehead atoms. The van der Waals surface area contributed by atoms with Gasteiger partial charge in [0.05, 0.1) is 23.9 Å². The van der Waals surface area contributed by atoms with Crippen molar-refractivity contribution in [2.75, 3.05) is 26.3 Å². The Kier molecular flexibility index (Phi) is 5.95. The third-order valence-corrected chi connectivity index (χ3v) is 8.44. The Morgan fingerprint density at radius 3 is 2.59 bits per heavy atom. The van der Waals surface area contributed by atoms with Gasteiger partial charge >= 0.3 is 0 Å². The molecule has 0 radical (unpaired) electrons. The van der Waals surface area contributed by atoms with Gasteiger partial charge in [0.1, 0.15) is 24.5 Å². The second-order valence-electron chi connectivity index (χ2n) is 7.69. The number of aromatic nitrogens is 2. The van der Waals surface area contributed by atoms with Crippen molar-refractivity contribution in [2.24, 2.45) is 0 Å². The standard InChI is InChI=1S/C22H21N4O3S3/c1-15-4-6-16(7-5-15)32(27,28)25-21-20-17(18-3-2-12-30-18)14-31-22(20)24-19(23-21)13-26-8-10-29-11-9-26/h2-7,12,14H,8-11,13H2,1H3/q-1/p+1. The van der Waals surface area contributed by atoms with Crippen LogP contribution in [0.25, 0.3) is 25.4 Å². The molecule has 0 saturated carbocycles. The van der Waals surface area contributed by atoms with Crippen molar-refractivity contribution in [1.29, 1.82) is 0 Å². The van der Waals surface area contributed by atoms with E-state index in [9.17, 15) is 8.42 Å². The van der Waals surface area contributed by atoms with E-state index in [1.54, 1.807) is 35.6 Å². The quantitative estimate of drug-likeness (QED) is 0.450. The first-order chi connectivity index (χ1) is 15.5. The van der Waals surface area contributed by atoms with Gasteiger partial charge in [-0.2, -0.15) is 0 Å². The van der Waals surface area contributed by atoms with Gasteiger partial charge in [-0.15, -0.1) is 22.7 Å². The average Bonchev–Trinajstić information content (AvgIpc) is 3.44. The highest BCUT2D eigenvalue weighted by atomic mass is 32.2. The normalized spacial score (nSPS) is 15.3. The van der Waals surface area contributed by atoms with E-state index in [1.807, 2.05) is 29.8 Å². The Labute approximate surface area is 194 Å². The van der Waals surface area contributed by atoms with Crippen molar-refractivity contribution in [3.63, 3.8) is 0 Å². The molecule has 5 rings (SSSR count). The number of morpholine rings is 1. The minimum Gasteiger partial charge on any atom is -0.418 e. The van der Waals surface area contributed by atoms with E-state index in [2.05, 4.69) is 9.71 Å². The van der Waals surface area contributed by atoms with E-state index in [0.717, 1.165) is 33.9 Å². The van der Waals surface area contributed by atoms with E-state index in [-0.39, 0.29) is 10.7 Å². The van der Waals surface area contributed by atoms with E-state index < -0.39 is 10.0 Å². The van der Waals surface area contributed by atoms with Crippen LogP contribution in [0.15, 0.2) is 52.1 Å². The minimum atomic E-state index is -3.92. The molecule has 1 saturated heterocycles. The van der Waals surface area contributed by atoms with Gasteiger partial charge in [-0.25, -0.2) is 13.4 Å². The molecule has 1 aliphatic rings. The summed E-state index contributed by atoms with van der Waals surface area (Å²) in [5.41, 5.74) is 1.91. The molecule has 0 unspecified atom stereocenters. The van der Waals surface area contributed by atoms with Gasteiger partial charge in [0.25, 0.3) is 0 Å². The zero-order chi connectivity index (χ0) is 22.1. The van der Waals surface area contributed by atoms with Gasteiger partial charge in [-0.3, -0.25) is 0 Å². The maximum Gasteiger partial charge on any atom is 0.202 e. The number of thiophene rings is 2. The number of fused-ring (bicyclic) bond motifs is 1. The summed E-state index contributed by atoms with van der Waals surface area (Å²) in [6.07, 6.45) is 0. The Bertz CT molecular complexity index is 1330. The summed E-state index contributed by atoms with van der Waals surface area (Å²) < 4.78 is 35.9. The predicted octanol–water partition coefficient (Wildman–Crippen LogP) is 3.54. The molecule has 32 heavy (non-hydrogen) atoms. The lowest BCUT2D eigenvalue weighted by atomic mass is 10.2. The Balaban J connectivity index is 1.58. The van der Waals surface area contributed by atoms with Crippen LogP contribution >= 0.6 is 22.7 Å². The monoisotopic (exact) mass is 486 g/mol. The summed E-state index contributed by atoms with van der Waals surface area (Å²) in [5.74, 6) is 0.815. The number of hydrogen-bond acceptors (Lipinski definition) is 7. The molecule has 4 aromatic rings. The molecule has 0 aliphatic carbocycles. The molecule has 1 N–H and O–H groups in total. The van der Waals surface area contributed by atoms with E-state index in [4.69, 9.17) is 9.72 Å². The molecule has 1 fully saturated rings. The number of hydrogen-bond donors (Lipinski definition) is 1. The van der Waals surface area contributed by atoms with Crippen molar-refractivity contribution in [1.82, 2.24) is 9.97 Å². The van der Waals surface area contributed by atoms with Crippen LogP contribution in [0.5, 0.6) is 0 Å². The Morgan fingerprint density at radius 2 is 1.88 bits per heavy atom. The number of ether oxygens (including phenoxy) is 1. The van der Waals surface area contributed by atoms with Gasteiger partial charge in [0.2, 0.25) is 10.0 Å². The molecule has 0 spiro atoms. The highest BCUT2D eigenvalue weighted by Gasteiger charge is 2.18. The van der Waals surface area contributed by atoms with Crippen LogP contribution in [0.3, 0.4) is 0 Å².